The molecule has 0 saturated heterocycles. The van der Waals surface area contributed by atoms with Crippen molar-refractivity contribution in [2.75, 3.05) is 0 Å². The van der Waals surface area contributed by atoms with E-state index in [1.165, 1.54) is 6.33 Å². The lowest BCUT2D eigenvalue weighted by atomic mass is 9.96. The van der Waals surface area contributed by atoms with Crippen LogP contribution < -0.4 is 10.6 Å². The molecule has 1 atom stereocenters. The summed E-state index contributed by atoms with van der Waals surface area (Å²) in [5, 5.41) is 18.6. The summed E-state index contributed by atoms with van der Waals surface area (Å²) < 4.78 is 1.71. The van der Waals surface area contributed by atoms with Crippen LogP contribution in [0.5, 0.6) is 0 Å². The third-order valence-electron chi connectivity index (χ3n) is 3.75. The Morgan fingerprint density at radius 3 is 2.71 bits per heavy atom. The number of urea groups is 1. The Labute approximate surface area is 122 Å². The standard InChI is InChI=1S/C13H21N5O3/c1-8(2)18-10(15-7-16-18)6-14-12(21)17-13(3,11(19)20)9-4-5-9/h7-9H,4-6H2,1-3H3,(H,19,20)(H2,14,17,21). The molecule has 3 N–H and O–H groups in total. The number of hydrogen-bond acceptors (Lipinski definition) is 4. The van der Waals surface area contributed by atoms with Crippen LogP contribution in [0.1, 0.15) is 45.5 Å². The maximum atomic E-state index is 11.9. The van der Waals surface area contributed by atoms with Gasteiger partial charge in [-0.05, 0) is 39.5 Å². The van der Waals surface area contributed by atoms with Crippen molar-refractivity contribution in [3.63, 3.8) is 0 Å². The number of carbonyl (C=O) groups is 2. The molecule has 0 aromatic carbocycles. The molecule has 2 amide bonds. The van der Waals surface area contributed by atoms with Gasteiger partial charge in [0.25, 0.3) is 0 Å². The first kappa shape index (κ1) is 15.3. The minimum absolute atomic E-state index is 0.0000620. The predicted octanol–water partition coefficient (Wildman–Crippen LogP) is 0.912. The fraction of sp³-hybridized carbons (Fsp3) is 0.692. The highest BCUT2D eigenvalue weighted by molar-refractivity contribution is 5.86. The Bertz CT molecular complexity index is 538. The van der Waals surface area contributed by atoms with Gasteiger partial charge in [-0.25, -0.2) is 19.3 Å². The molecular weight excluding hydrogens is 274 g/mol. The number of carboxylic acids is 1. The van der Waals surface area contributed by atoms with Crippen LogP contribution in [0, 0.1) is 5.92 Å². The molecule has 1 aliphatic carbocycles. The van der Waals surface area contributed by atoms with Crippen LogP contribution in [0.3, 0.4) is 0 Å². The molecule has 8 heteroatoms. The molecule has 21 heavy (non-hydrogen) atoms. The van der Waals surface area contributed by atoms with Gasteiger partial charge in [-0.2, -0.15) is 5.10 Å². The molecule has 1 heterocycles. The second-order valence-electron chi connectivity index (χ2n) is 5.80. The molecule has 1 unspecified atom stereocenters. The van der Waals surface area contributed by atoms with Crippen LogP contribution in [0.25, 0.3) is 0 Å². The van der Waals surface area contributed by atoms with Crippen molar-refractivity contribution in [1.82, 2.24) is 25.4 Å². The van der Waals surface area contributed by atoms with Gasteiger partial charge in [0.05, 0.1) is 6.54 Å². The highest BCUT2D eigenvalue weighted by Gasteiger charge is 2.48. The monoisotopic (exact) mass is 295 g/mol. The van der Waals surface area contributed by atoms with E-state index in [0.717, 1.165) is 12.8 Å². The van der Waals surface area contributed by atoms with Crippen LogP contribution in [-0.4, -0.2) is 37.4 Å². The van der Waals surface area contributed by atoms with Gasteiger partial charge in [-0.3, -0.25) is 0 Å². The van der Waals surface area contributed by atoms with Crippen molar-refractivity contribution >= 4 is 12.0 Å². The van der Waals surface area contributed by atoms with Crippen LogP contribution in [0.15, 0.2) is 6.33 Å². The molecule has 1 fully saturated rings. The highest BCUT2D eigenvalue weighted by atomic mass is 16.4. The third-order valence-corrected chi connectivity index (χ3v) is 3.75. The second kappa shape index (κ2) is 5.71. The van der Waals surface area contributed by atoms with Gasteiger partial charge in [-0.15, -0.1) is 0 Å². The maximum Gasteiger partial charge on any atom is 0.329 e. The van der Waals surface area contributed by atoms with Gasteiger partial charge in [0, 0.05) is 6.04 Å². The number of nitrogens with zero attached hydrogens (tertiary/aromatic N) is 3. The normalized spacial score (nSPS) is 17.3. The van der Waals surface area contributed by atoms with Crippen LogP contribution in [-0.2, 0) is 11.3 Å². The predicted molar refractivity (Wildman–Crippen MR) is 74.5 cm³/mol. The van der Waals surface area contributed by atoms with Crippen LogP contribution >= 0.6 is 0 Å². The van der Waals surface area contributed by atoms with E-state index in [1.54, 1.807) is 11.6 Å². The Morgan fingerprint density at radius 2 is 2.19 bits per heavy atom. The fourth-order valence-corrected chi connectivity index (χ4v) is 2.26. The number of carbonyl (C=O) groups excluding carboxylic acids is 1. The summed E-state index contributed by atoms with van der Waals surface area (Å²) in [4.78, 5) is 27.4. The Hall–Kier alpha value is -2.12. The topological polar surface area (TPSA) is 109 Å². The molecule has 1 aromatic rings. The summed E-state index contributed by atoms with van der Waals surface area (Å²) in [6, 6.07) is -0.367. The summed E-state index contributed by atoms with van der Waals surface area (Å²) >= 11 is 0. The van der Waals surface area contributed by atoms with Crippen molar-refractivity contribution in [2.45, 2.75) is 51.7 Å². The second-order valence-corrected chi connectivity index (χ2v) is 5.80. The molecule has 8 nitrogen and oxygen atoms in total. The lowest BCUT2D eigenvalue weighted by Crippen LogP contribution is -2.56. The summed E-state index contributed by atoms with van der Waals surface area (Å²) in [7, 11) is 0. The third kappa shape index (κ3) is 3.32. The minimum Gasteiger partial charge on any atom is -0.480 e. The number of nitrogens with one attached hydrogen (secondary N) is 2. The van der Waals surface area contributed by atoms with E-state index in [9.17, 15) is 14.7 Å². The van der Waals surface area contributed by atoms with Gasteiger partial charge >= 0.3 is 12.0 Å². The zero-order chi connectivity index (χ0) is 15.6. The smallest absolute Gasteiger partial charge is 0.329 e. The number of carboxylic acid groups (broad SMARTS) is 1. The maximum absolute atomic E-state index is 11.9. The molecule has 0 bridgehead atoms. The number of amides is 2. The zero-order valence-electron chi connectivity index (χ0n) is 12.5. The molecule has 0 radical (unpaired) electrons. The van der Waals surface area contributed by atoms with Gasteiger partial charge in [-0.1, -0.05) is 0 Å². The quantitative estimate of drug-likeness (QED) is 0.722. The van der Waals surface area contributed by atoms with Gasteiger partial charge < -0.3 is 15.7 Å². The van der Waals surface area contributed by atoms with E-state index in [4.69, 9.17) is 0 Å². The van der Waals surface area contributed by atoms with E-state index < -0.39 is 17.5 Å². The fourth-order valence-electron chi connectivity index (χ4n) is 2.26. The lowest BCUT2D eigenvalue weighted by Gasteiger charge is -2.26. The molecule has 1 aromatic heterocycles. The Kier molecular flexibility index (Phi) is 4.15. The van der Waals surface area contributed by atoms with Crippen molar-refractivity contribution < 1.29 is 14.7 Å². The molecule has 0 spiro atoms. The number of hydrogen-bond donors (Lipinski definition) is 3. The van der Waals surface area contributed by atoms with E-state index in [1.807, 2.05) is 13.8 Å². The molecule has 0 aliphatic heterocycles. The summed E-state index contributed by atoms with van der Waals surface area (Å²) in [6.07, 6.45) is 3.08. The summed E-state index contributed by atoms with van der Waals surface area (Å²) in [5.74, 6) is -0.380. The SMILES string of the molecule is CC(C)n1ncnc1CNC(=O)NC(C)(C(=O)O)C1CC1. The Morgan fingerprint density at radius 1 is 1.52 bits per heavy atom. The summed E-state index contributed by atoms with van der Waals surface area (Å²) in [5.41, 5.74) is -1.21. The van der Waals surface area contributed by atoms with E-state index >= 15 is 0 Å². The molecular formula is C13H21N5O3. The largest absolute Gasteiger partial charge is 0.480 e. The molecule has 116 valence electrons. The number of aromatic nitrogens is 3. The number of rotatable bonds is 6. The van der Waals surface area contributed by atoms with Crippen molar-refractivity contribution in [2.24, 2.45) is 5.92 Å². The number of aliphatic carboxylic acids is 1. The molecule has 2 rings (SSSR count). The Balaban J connectivity index is 1.93. The first-order chi connectivity index (χ1) is 9.84. The first-order valence-electron chi connectivity index (χ1n) is 7.02. The minimum atomic E-state index is -1.21. The van der Waals surface area contributed by atoms with E-state index in [0.29, 0.717) is 5.82 Å². The van der Waals surface area contributed by atoms with Crippen molar-refractivity contribution in [3.8, 4) is 0 Å². The highest BCUT2D eigenvalue weighted by Crippen LogP contribution is 2.39. The summed E-state index contributed by atoms with van der Waals surface area (Å²) in [6.45, 7) is 5.67. The van der Waals surface area contributed by atoms with Crippen LogP contribution in [0.4, 0.5) is 4.79 Å². The average Bonchev–Trinajstić information content (AvgIpc) is 3.15. The van der Waals surface area contributed by atoms with Gasteiger partial charge in [0.15, 0.2) is 0 Å². The van der Waals surface area contributed by atoms with Gasteiger partial charge in [0.1, 0.15) is 17.7 Å². The van der Waals surface area contributed by atoms with Crippen molar-refractivity contribution in [3.05, 3.63) is 12.2 Å². The first-order valence-corrected chi connectivity index (χ1v) is 7.02. The van der Waals surface area contributed by atoms with Crippen LogP contribution in [0.2, 0.25) is 0 Å². The lowest BCUT2D eigenvalue weighted by molar-refractivity contribution is -0.144. The molecule has 1 saturated carbocycles. The average molecular weight is 295 g/mol. The van der Waals surface area contributed by atoms with E-state index in [-0.39, 0.29) is 18.5 Å². The van der Waals surface area contributed by atoms with Crippen molar-refractivity contribution in [1.29, 1.82) is 0 Å². The zero-order valence-corrected chi connectivity index (χ0v) is 12.5. The molecule has 1 aliphatic rings. The van der Waals surface area contributed by atoms with E-state index in [2.05, 4.69) is 20.7 Å². The van der Waals surface area contributed by atoms with Gasteiger partial charge in [0.2, 0.25) is 0 Å².